The highest BCUT2D eigenvalue weighted by Crippen LogP contribution is 2.36. The second-order valence-electron chi connectivity index (χ2n) is 12.5. The van der Waals surface area contributed by atoms with Gasteiger partial charge in [-0.05, 0) is 63.2 Å². The first-order valence-electron chi connectivity index (χ1n) is 16.2. The summed E-state index contributed by atoms with van der Waals surface area (Å²) in [7, 11) is 3.82. The maximum Gasteiger partial charge on any atom is 0.318 e. The van der Waals surface area contributed by atoms with Gasteiger partial charge in [-0.15, -0.1) is 0 Å². The van der Waals surface area contributed by atoms with Crippen LogP contribution < -0.4 is 14.5 Å². The van der Waals surface area contributed by atoms with Gasteiger partial charge < -0.3 is 29.0 Å². The minimum Gasteiger partial charge on any atom is -0.462 e. The summed E-state index contributed by atoms with van der Waals surface area (Å²) in [6.45, 7) is 16.1. The average molecular weight is 609 g/mol. The SMILES string of the molecule is [C-]#[N+]C[C@H]1CN(c2nc(OC[C@@H]3CCCN3C)nc3c2CCN(c2cccc4cccc(C)c24)C3)CC[C@@H]1N=C=NCCOC. The van der Waals surface area contributed by atoms with Gasteiger partial charge in [0.2, 0.25) is 6.54 Å². The van der Waals surface area contributed by atoms with Gasteiger partial charge in [0.25, 0.3) is 0 Å². The normalized spacial score (nSPS) is 21.7. The number of aromatic nitrogens is 2. The first kappa shape index (κ1) is 31.0. The van der Waals surface area contributed by atoms with Crippen molar-refractivity contribution < 1.29 is 9.47 Å². The number of aliphatic imine (C=N–C) groups is 2. The summed E-state index contributed by atoms with van der Waals surface area (Å²) >= 11 is 0. The molecule has 0 amide bonds. The summed E-state index contributed by atoms with van der Waals surface area (Å²) in [5, 5.41) is 2.56. The minimum absolute atomic E-state index is 0.0121. The monoisotopic (exact) mass is 608 g/mol. The van der Waals surface area contributed by atoms with Crippen molar-refractivity contribution in [2.45, 2.75) is 51.2 Å². The van der Waals surface area contributed by atoms with E-state index in [9.17, 15) is 0 Å². The van der Waals surface area contributed by atoms with E-state index in [0.29, 0.717) is 51.4 Å². The Hall–Kier alpha value is -4.03. The third kappa shape index (κ3) is 6.96. The molecule has 0 N–H and O–H groups in total. The van der Waals surface area contributed by atoms with Crippen molar-refractivity contribution in [3.8, 4) is 6.01 Å². The number of anilines is 2. The predicted molar refractivity (Wildman–Crippen MR) is 179 cm³/mol. The number of nitrogens with zero attached hydrogens (tertiary/aromatic N) is 8. The summed E-state index contributed by atoms with van der Waals surface area (Å²) in [5.74, 6) is 1.02. The maximum atomic E-state index is 7.63. The third-order valence-electron chi connectivity index (χ3n) is 9.55. The number of piperidine rings is 1. The summed E-state index contributed by atoms with van der Waals surface area (Å²) in [5.41, 5.74) is 4.74. The summed E-state index contributed by atoms with van der Waals surface area (Å²) in [6.07, 6.45) is 3.98. The van der Waals surface area contributed by atoms with E-state index < -0.39 is 0 Å². The zero-order valence-electron chi connectivity index (χ0n) is 26.8. The van der Waals surface area contributed by atoms with Gasteiger partial charge in [-0.1, -0.05) is 30.3 Å². The van der Waals surface area contributed by atoms with Gasteiger partial charge in [-0.25, -0.2) is 16.6 Å². The third-order valence-corrected chi connectivity index (χ3v) is 9.55. The number of hydrogen-bond acceptors (Lipinski definition) is 9. The first-order valence-corrected chi connectivity index (χ1v) is 16.2. The van der Waals surface area contributed by atoms with Gasteiger partial charge >= 0.3 is 6.01 Å². The van der Waals surface area contributed by atoms with E-state index in [2.05, 4.69) is 85.9 Å². The fraction of sp³-hybridized carbons (Fsp3) is 0.543. The second-order valence-corrected chi connectivity index (χ2v) is 12.5. The average Bonchev–Trinajstić information content (AvgIpc) is 3.47. The van der Waals surface area contributed by atoms with E-state index in [0.717, 1.165) is 50.4 Å². The van der Waals surface area contributed by atoms with Crippen LogP contribution in [-0.4, -0.2) is 99.6 Å². The molecule has 0 radical (unpaired) electrons. The molecule has 0 aliphatic carbocycles. The molecule has 236 valence electrons. The number of fused-ring (bicyclic) bond motifs is 2. The Balaban J connectivity index is 1.30. The van der Waals surface area contributed by atoms with E-state index in [1.807, 2.05) is 0 Å². The second kappa shape index (κ2) is 14.4. The molecule has 0 spiro atoms. The molecule has 1 aromatic heterocycles. The zero-order chi connectivity index (χ0) is 31.2. The fourth-order valence-corrected chi connectivity index (χ4v) is 7.03. The molecule has 6 rings (SSSR count). The minimum atomic E-state index is 0.0121. The Morgan fingerprint density at radius 2 is 1.96 bits per heavy atom. The van der Waals surface area contributed by atoms with Crippen LogP contribution in [0.3, 0.4) is 0 Å². The fourth-order valence-electron chi connectivity index (χ4n) is 7.03. The van der Waals surface area contributed by atoms with Crippen molar-refractivity contribution in [1.82, 2.24) is 14.9 Å². The molecule has 3 aliphatic heterocycles. The number of benzene rings is 2. The molecule has 0 unspecified atom stereocenters. The van der Waals surface area contributed by atoms with Crippen LogP contribution in [0, 0.1) is 19.4 Å². The molecule has 2 saturated heterocycles. The van der Waals surface area contributed by atoms with Crippen LogP contribution in [0.1, 0.15) is 36.1 Å². The van der Waals surface area contributed by atoms with Crippen molar-refractivity contribution >= 4 is 28.3 Å². The molecular weight excluding hydrogens is 564 g/mol. The molecule has 10 nitrogen and oxygen atoms in total. The molecule has 3 aliphatic rings. The quantitative estimate of drug-likeness (QED) is 0.184. The van der Waals surface area contributed by atoms with Crippen molar-refractivity contribution in [3.63, 3.8) is 0 Å². The molecule has 3 atom stereocenters. The standard InChI is InChI=1S/C35H44N8O2/c1-25-8-5-9-26-10-6-12-32(33(25)26)42-17-13-29-31(22-42)39-35(45-23-28-11-7-16-41(28)3)40-34(29)43-18-14-30(27(21-43)20-36-2)38-24-37-15-19-44-4/h5-6,8-10,12,27-28,30H,7,11,13-23H2,1,3-4H3/t27-,28-,30-/m0/s1. The molecule has 4 heterocycles. The van der Waals surface area contributed by atoms with Crippen molar-refractivity contribution in [2.75, 3.05) is 76.4 Å². The van der Waals surface area contributed by atoms with Crippen LogP contribution in [0.25, 0.3) is 15.6 Å². The van der Waals surface area contributed by atoms with Gasteiger partial charge in [0.15, 0.2) is 0 Å². The number of methoxy groups -OCH3 is 1. The molecule has 0 saturated carbocycles. The van der Waals surface area contributed by atoms with Crippen molar-refractivity contribution in [2.24, 2.45) is 15.9 Å². The lowest BCUT2D eigenvalue weighted by Crippen LogP contribution is -2.45. The topological polar surface area (TPSA) is 83.0 Å². The van der Waals surface area contributed by atoms with Crippen LogP contribution in [0.5, 0.6) is 6.01 Å². The number of likely N-dealkylation sites (N-methyl/N-ethyl adjacent to an activating group) is 1. The largest absolute Gasteiger partial charge is 0.462 e. The number of hydrogen-bond donors (Lipinski definition) is 0. The van der Waals surface area contributed by atoms with Crippen LogP contribution in [0.4, 0.5) is 11.5 Å². The smallest absolute Gasteiger partial charge is 0.318 e. The lowest BCUT2D eigenvalue weighted by molar-refractivity contribution is 0.187. The predicted octanol–water partition coefficient (Wildman–Crippen LogP) is 4.91. The Bertz CT molecular complexity index is 1590. The maximum absolute atomic E-state index is 7.63. The van der Waals surface area contributed by atoms with Gasteiger partial charge in [0.05, 0.1) is 43.4 Å². The lowest BCUT2D eigenvalue weighted by atomic mass is 9.92. The van der Waals surface area contributed by atoms with Gasteiger partial charge in [0, 0.05) is 49.4 Å². The van der Waals surface area contributed by atoms with E-state index in [-0.39, 0.29) is 12.0 Å². The lowest BCUT2D eigenvalue weighted by Gasteiger charge is -2.38. The van der Waals surface area contributed by atoms with E-state index in [1.165, 1.54) is 34.0 Å². The number of rotatable bonds is 10. The Morgan fingerprint density at radius 3 is 2.76 bits per heavy atom. The summed E-state index contributed by atoms with van der Waals surface area (Å²) < 4.78 is 11.4. The molecule has 2 aromatic carbocycles. The summed E-state index contributed by atoms with van der Waals surface area (Å²) in [6, 6.07) is 16.8. The summed E-state index contributed by atoms with van der Waals surface area (Å²) in [4.78, 5) is 29.9. The molecule has 3 aromatic rings. The Kier molecular flexibility index (Phi) is 9.90. The van der Waals surface area contributed by atoms with Gasteiger partial charge in [0.1, 0.15) is 12.4 Å². The highest BCUT2D eigenvalue weighted by Gasteiger charge is 2.35. The molecule has 2 fully saturated rings. The van der Waals surface area contributed by atoms with Gasteiger partial charge in [-0.2, -0.15) is 9.97 Å². The van der Waals surface area contributed by atoms with E-state index in [1.54, 1.807) is 7.11 Å². The zero-order valence-corrected chi connectivity index (χ0v) is 26.8. The molecule has 45 heavy (non-hydrogen) atoms. The van der Waals surface area contributed by atoms with Crippen LogP contribution in [0.15, 0.2) is 46.4 Å². The highest BCUT2D eigenvalue weighted by molar-refractivity contribution is 5.97. The Labute approximate surface area is 266 Å². The number of ether oxygens (including phenoxy) is 2. The number of likely N-dealkylation sites (tertiary alicyclic amines) is 1. The first-order chi connectivity index (χ1) is 22.1. The van der Waals surface area contributed by atoms with E-state index in [4.69, 9.17) is 26.0 Å². The van der Waals surface area contributed by atoms with Crippen molar-refractivity contribution in [3.05, 3.63) is 64.6 Å². The van der Waals surface area contributed by atoms with Gasteiger partial charge in [-0.3, -0.25) is 0 Å². The van der Waals surface area contributed by atoms with Crippen LogP contribution in [0.2, 0.25) is 0 Å². The van der Waals surface area contributed by atoms with Crippen LogP contribution >= 0.6 is 0 Å². The number of aryl methyl sites for hydroxylation is 1. The van der Waals surface area contributed by atoms with Crippen molar-refractivity contribution in [1.29, 1.82) is 0 Å². The highest BCUT2D eigenvalue weighted by atomic mass is 16.5. The van der Waals surface area contributed by atoms with Crippen LogP contribution in [-0.2, 0) is 17.7 Å². The van der Waals surface area contributed by atoms with E-state index >= 15 is 0 Å². The molecule has 0 bridgehead atoms. The Morgan fingerprint density at radius 1 is 1.09 bits per heavy atom. The molecule has 10 heteroatoms. The molecular formula is C35H44N8O2.